The van der Waals surface area contributed by atoms with Crippen molar-refractivity contribution in [1.82, 2.24) is 4.72 Å². The lowest BCUT2D eigenvalue weighted by atomic mass is 10.2. The molecule has 1 heterocycles. The van der Waals surface area contributed by atoms with Gasteiger partial charge in [0.25, 0.3) is 0 Å². The minimum Gasteiger partial charge on any atom is -0.486 e. The van der Waals surface area contributed by atoms with Crippen LogP contribution >= 0.6 is 0 Å². The predicted octanol–water partition coefficient (Wildman–Crippen LogP) is 2.96. The van der Waals surface area contributed by atoms with Crippen molar-refractivity contribution in [3.8, 4) is 11.5 Å². The summed E-state index contributed by atoms with van der Waals surface area (Å²) in [7, 11) is -3.93. The van der Waals surface area contributed by atoms with E-state index >= 15 is 0 Å². The Labute approximate surface area is 179 Å². The van der Waals surface area contributed by atoms with Crippen molar-refractivity contribution in [3.05, 3.63) is 52.8 Å². The number of carbonyl (C=O) groups excluding carboxylic acids is 1. The van der Waals surface area contributed by atoms with Crippen LogP contribution in [-0.2, 0) is 26.2 Å². The number of nitrogens with one attached hydrogen (secondary N) is 1. The zero-order chi connectivity index (χ0) is 23.5. The summed E-state index contributed by atoms with van der Waals surface area (Å²) < 4.78 is 108. The number of benzene rings is 2. The number of sulfonamides is 1. The van der Waals surface area contributed by atoms with Gasteiger partial charge in [-0.3, -0.25) is 4.79 Å². The third-order valence-corrected chi connectivity index (χ3v) is 5.81. The average molecular weight is 481 g/mol. The van der Waals surface area contributed by atoms with Gasteiger partial charge in [0.15, 0.2) is 34.8 Å². The van der Waals surface area contributed by atoms with Crippen LogP contribution in [0.25, 0.3) is 0 Å². The molecule has 0 fully saturated rings. The van der Waals surface area contributed by atoms with Crippen molar-refractivity contribution >= 4 is 16.0 Å². The predicted molar refractivity (Wildman–Crippen MR) is 97.9 cm³/mol. The first-order chi connectivity index (χ1) is 15.1. The fraction of sp³-hybridized carbons (Fsp3) is 0.316. The SMILES string of the molecule is O=C(CCCNS(=O)(=O)c1ccc2c(c1)OCCO2)OCc1c(F)c(F)c(F)c(F)c1F. The number of hydrogen-bond donors (Lipinski definition) is 1. The fourth-order valence-corrected chi connectivity index (χ4v) is 3.80. The number of esters is 1. The molecule has 174 valence electrons. The van der Waals surface area contributed by atoms with Crippen molar-refractivity contribution in [2.24, 2.45) is 0 Å². The molecule has 32 heavy (non-hydrogen) atoms. The summed E-state index contributed by atoms with van der Waals surface area (Å²) in [5, 5.41) is 0. The second-order valence-corrected chi connectivity index (χ2v) is 8.28. The molecule has 0 atom stereocenters. The molecule has 3 rings (SSSR count). The van der Waals surface area contributed by atoms with E-state index in [1.54, 1.807) is 0 Å². The van der Waals surface area contributed by atoms with Crippen LogP contribution in [-0.4, -0.2) is 34.1 Å². The smallest absolute Gasteiger partial charge is 0.306 e. The molecule has 0 saturated heterocycles. The Morgan fingerprint density at radius 3 is 2.19 bits per heavy atom. The summed E-state index contributed by atoms with van der Waals surface area (Å²) in [5.41, 5.74) is -1.28. The van der Waals surface area contributed by atoms with Gasteiger partial charge in [0.2, 0.25) is 15.8 Å². The van der Waals surface area contributed by atoms with E-state index in [4.69, 9.17) is 9.47 Å². The Kier molecular flexibility index (Phi) is 7.19. The number of hydrogen-bond acceptors (Lipinski definition) is 6. The zero-order valence-electron chi connectivity index (χ0n) is 16.2. The van der Waals surface area contributed by atoms with Crippen LogP contribution in [0.15, 0.2) is 23.1 Å². The van der Waals surface area contributed by atoms with Crippen LogP contribution in [0.2, 0.25) is 0 Å². The van der Waals surface area contributed by atoms with Crippen molar-refractivity contribution in [1.29, 1.82) is 0 Å². The standard InChI is InChI=1S/C19H16F5NO6S/c20-15-11(16(21)18(23)19(24)17(15)22)9-31-14(26)2-1-5-25-32(27,28)10-3-4-12-13(8-10)30-7-6-29-12/h3-4,8,25H,1-2,5-7,9H2. The highest BCUT2D eigenvalue weighted by Gasteiger charge is 2.26. The molecule has 1 aliphatic rings. The van der Waals surface area contributed by atoms with Crippen LogP contribution in [0, 0.1) is 29.1 Å². The van der Waals surface area contributed by atoms with Gasteiger partial charge in [0.1, 0.15) is 19.8 Å². The highest BCUT2D eigenvalue weighted by molar-refractivity contribution is 7.89. The quantitative estimate of drug-likeness (QED) is 0.205. The van der Waals surface area contributed by atoms with E-state index in [-0.39, 0.29) is 36.6 Å². The summed E-state index contributed by atoms with van der Waals surface area (Å²) in [6.45, 7) is -0.739. The first-order valence-corrected chi connectivity index (χ1v) is 10.7. The van der Waals surface area contributed by atoms with E-state index in [1.165, 1.54) is 18.2 Å². The molecule has 0 spiro atoms. The minimum absolute atomic E-state index is 0.0558. The van der Waals surface area contributed by atoms with Crippen molar-refractivity contribution < 1.29 is 49.4 Å². The molecule has 1 aliphatic heterocycles. The fourth-order valence-electron chi connectivity index (χ4n) is 2.72. The van der Waals surface area contributed by atoms with Gasteiger partial charge in [-0.1, -0.05) is 0 Å². The maximum Gasteiger partial charge on any atom is 0.306 e. The van der Waals surface area contributed by atoms with E-state index in [9.17, 15) is 35.2 Å². The largest absolute Gasteiger partial charge is 0.486 e. The highest BCUT2D eigenvalue weighted by atomic mass is 32.2. The lowest BCUT2D eigenvalue weighted by molar-refractivity contribution is -0.145. The Hall–Kier alpha value is -2.93. The Bertz CT molecular complexity index is 1110. The van der Waals surface area contributed by atoms with Gasteiger partial charge in [-0.15, -0.1) is 0 Å². The van der Waals surface area contributed by atoms with Crippen LogP contribution < -0.4 is 14.2 Å². The molecule has 13 heteroatoms. The Morgan fingerprint density at radius 1 is 0.938 bits per heavy atom. The molecule has 0 amide bonds. The van der Waals surface area contributed by atoms with E-state index in [1.807, 2.05) is 0 Å². The van der Waals surface area contributed by atoms with Crippen LogP contribution in [0.1, 0.15) is 18.4 Å². The van der Waals surface area contributed by atoms with E-state index in [0.29, 0.717) is 12.4 Å². The molecule has 0 unspecified atom stereocenters. The van der Waals surface area contributed by atoms with Crippen LogP contribution in [0.4, 0.5) is 22.0 Å². The molecule has 0 saturated carbocycles. The number of ether oxygens (including phenoxy) is 3. The number of fused-ring (bicyclic) bond motifs is 1. The summed E-state index contributed by atoms with van der Waals surface area (Å²) in [6, 6.07) is 4.04. The van der Waals surface area contributed by atoms with Crippen molar-refractivity contribution in [3.63, 3.8) is 0 Å². The molecular weight excluding hydrogens is 465 g/mol. The molecule has 0 aromatic heterocycles. The van der Waals surface area contributed by atoms with Gasteiger partial charge in [0.05, 0.1) is 10.5 Å². The minimum atomic E-state index is -3.93. The molecule has 1 N–H and O–H groups in total. The normalized spacial score (nSPS) is 13.2. The first kappa shape index (κ1) is 23.7. The number of halogens is 5. The first-order valence-electron chi connectivity index (χ1n) is 9.17. The molecular formula is C19H16F5NO6S. The maximum atomic E-state index is 13.6. The molecule has 0 bridgehead atoms. The third kappa shape index (κ3) is 5.10. The molecule has 2 aromatic rings. The number of rotatable bonds is 8. The summed E-state index contributed by atoms with van der Waals surface area (Å²) in [6.07, 6.45) is -0.432. The van der Waals surface area contributed by atoms with E-state index in [2.05, 4.69) is 9.46 Å². The summed E-state index contributed by atoms with van der Waals surface area (Å²) in [5.74, 6) is -11.1. The van der Waals surface area contributed by atoms with Crippen LogP contribution in [0.5, 0.6) is 11.5 Å². The summed E-state index contributed by atoms with van der Waals surface area (Å²) in [4.78, 5) is 11.6. The lowest BCUT2D eigenvalue weighted by Crippen LogP contribution is -2.25. The molecule has 7 nitrogen and oxygen atoms in total. The third-order valence-electron chi connectivity index (χ3n) is 4.35. The second-order valence-electron chi connectivity index (χ2n) is 6.52. The molecule has 0 aliphatic carbocycles. The zero-order valence-corrected chi connectivity index (χ0v) is 17.0. The second kappa shape index (κ2) is 9.69. The van der Waals surface area contributed by atoms with Crippen LogP contribution in [0.3, 0.4) is 0 Å². The van der Waals surface area contributed by atoms with Gasteiger partial charge in [0, 0.05) is 19.0 Å². The number of carbonyl (C=O) groups is 1. The highest BCUT2D eigenvalue weighted by Crippen LogP contribution is 2.32. The monoisotopic (exact) mass is 481 g/mol. The van der Waals surface area contributed by atoms with E-state index in [0.717, 1.165) is 0 Å². The Balaban J connectivity index is 1.49. The molecule has 2 aromatic carbocycles. The summed E-state index contributed by atoms with van der Waals surface area (Å²) >= 11 is 0. The van der Waals surface area contributed by atoms with Crippen molar-refractivity contribution in [2.75, 3.05) is 19.8 Å². The van der Waals surface area contributed by atoms with Gasteiger partial charge in [-0.2, -0.15) is 0 Å². The van der Waals surface area contributed by atoms with Crippen molar-refractivity contribution in [2.45, 2.75) is 24.3 Å². The van der Waals surface area contributed by atoms with E-state index < -0.39 is 57.2 Å². The van der Waals surface area contributed by atoms with Gasteiger partial charge in [-0.05, 0) is 18.6 Å². The van der Waals surface area contributed by atoms with Gasteiger partial charge < -0.3 is 14.2 Å². The average Bonchev–Trinajstić information content (AvgIpc) is 2.79. The topological polar surface area (TPSA) is 90.9 Å². The lowest BCUT2D eigenvalue weighted by Gasteiger charge is -2.18. The maximum absolute atomic E-state index is 13.6. The Morgan fingerprint density at radius 2 is 1.53 bits per heavy atom. The van der Waals surface area contributed by atoms with Gasteiger partial charge in [-0.25, -0.2) is 35.1 Å². The molecule has 0 radical (unpaired) electrons. The van der Waals surface area contributed by atoms with Gasteiger partial charge >= 0.3 is 5.97 Å².